The fourth-order valence-corrected chi connectivity index (χ4v) is 5.61. The second kappa shape index (κ2) is 8.07. The zero-order chi connectivity index (χ0) is 21.7. The highest BCUT2D eigenvalue weighted by atomic mass is 16.3. The van der Waals surface area contributed by atoms with Gasteiger partial charge in [0.1, 0.15) is 29.7 Å². The number of nitrogens with zero attached hydrogens (tertiary/aromatic N) is 4. The van der Waals surface area contributed by atoms with Crippen LogP contribution in [0, 0.1) is 0 Å². The minimum Gasteiger partial charge on any atom is -0.388 e. The van der Waals surface area contributed by atoms with Gasteiger partial charge in [-0.15, -0.1) is 0 Å². The third-order valence-electron chi connectivity index (χ3n) is 7.03. The number of aliphatic hydroxyl groups is 4. The van der Waals surface area contributed by atoms with E-state index in [2.05, 4.69) is 47.3 Å². The highest BCUT2D eigenvalue weighted by Crippen LogP contribution is 2.46. The van der Waals surface area contributed by atoms with Gasteiger partial charge in [-0.2, -0.15) is 0 Å². The van der Waals surface area contributed by atoms with Gasteiger partial charge in [0, 0.05) is 56.0 Å². The van der Waals surface area contributed by atoms with Gasteiger partial charge in [0.25, 0.3) is 0 Å². The van der Waals surface area contributed by atoms with Crippen molar-refractivity contribution >= 4 is 0 Å². The minimum atomic E-state index is -1.08. The molecule has 0 aliphatic carbocycles. The Labute approximate surface area is 179 Å². The summed E-state index contributed by atoms with van der Waals surface area (Å²) < 4.78 is 0. The Morgan fingerprint density at radius 3 is 1.33 bits per heavy atom. The molecule has 4 aliphatic heterocycles. The van der Waals surface area contributed by atoms with Gasteiger partial charge in [-0.3, -0.25) is 0 Å². The van der Waals surface area contributed by atoms with E-state index in [4.69, 9.17) is 0 Å². The van der Waals surface area contributed by atoms with Crippen LogP contribution in [-0.4, -0.2) is 104 Å². The van der Waals surface area contributed by atoms with Gasteiger partial charge in [0.15, 0.2) is 0 Å². The van der Waals surface area contributed by atoms with Crippen molar-refractivity contribution in [3.05, 3.63) is 34.2 Å². The molecule has 0 aromatic heterocycles. The van der Waals surface area contributed by atoms with Crippen molar-refractivity contribution in [3.8, 4) is 0 Å². The van der Waals surface area contributed by atoms with Crippen LogP contribution in [0.5, 0.6) is 0 Å². The molecule has 4 aliphatic rings. The van der Waals surface area contributed by atoms with Crippen molar-refractivity contribution in [1.82, 2.24) is 19.6 Å². The van der Waals surface area contributed by atoms with Crippen molar-refractivity contribution in [2.24, 2.45) is 0 Å². The summed E-state index contributed by atoms with van der Waals surface area (Å²) in [6.07, 6.45) is -2.55. The van der Waals surface area contributed by atoms with E-state index in [1.165, 1.54) is 0 Å². The predicted octanol–water partition coefficient (Wildman–Crippen LogP) is 0.187. The van der Waals surface area contributed by atoms with Crippen molar-refractivity contribution < 1.29 is 20.4 Å². The Hall–Kier alpha value is -1.74. The fourth-order valence-electron chi connectivity index (χ4n) is 5.61. The molecule has 30 heavy (non-hydrogen) atoms. The van der Waals surface area contributed by atoms with Gasteiger partial charge in [0.05, 0.1) is 12.2 Å². The SMILES string of the molecule is CCN1CCC(O)C2=C1N(CC)C1=C(C2O)C(O)C2=C(N(CC)CCC2O)N1CC. The van der Waals surface area contributed by atoms with E-state index in [0.717, 1.165) is 43.6 Å². The van der Waals surface area contributed by atoms with Gasteiger partial charge >= 0.3 is 0 Å². The molecule has 168 valence electrons. The number of rotatable bonds is 4. The maximum Gasteiger partial charge on any atom is 0.120 e. The lowest BCUT2D eigenvalue weighted by Gasteiger charge is -2.54. The first-order valence-electron chi connectivity index (χ1n) is 11.4. The van der Waals surface area contributed by atoms with Crippen LogP contribution in [0.4, 0.5) is 0 Å². The molecule has 0 radical (unpaired) electrons. The average Bonchev–Trinajstić information content (AvgIpc) is 2.74. The molecule has 0 saturated heterocycles. The molecule has 0 aromatic carbocycles. The maximum absolute atomic E-state index is 11.4. The summed E-state index contributed by atoms with van der Waals surface area (Å²) in [5, 5.41) is 44.5. The van der Waals surface area contributed by atoms with Crippen LogP contribution in [0.2, 0.25) is 0 Å². The van der Waals surface area contributed by atoms with Gasteiger partial charge in [-0.05, 0) is 40.5 Å². The topological polar surface area (TPSA) is 93.9 Å². The van der Waals surface area contributed by atoms with E-state index >= 15 is 0 Å². The standard InChI is InChI=1S/C22H36N4O4/c1-5-23-11-9-13(27)15-18(29)17-19(30)16-14(28)10-12-24(6-2)21(16)26(8-4)22(17)25(7-3)20(15)23/h13-14,18-19,27-30H,5-12H2,1-4H3. The van der Waals surface area contributed by atoms with Crippen molar-refractivity contribution in [3.63, 3.8) is 0 Å². The lowest BCUT2D eigenvalue weighted by molar-refractivity contribution is 0.0364. The van der Waals surface area contributed by atoms with Crippen molar-refractivity contribution in [2.75, 3.05) is 39.3 Å². The molecule has 4 atom stereocenters. The molecule has 0 aromatic rings. The van der Waals surface area contributed by atoms with Gasteiger partial charge < -0.3 is 40.0 Å². The zero-order valence-corrected chi connectivity index (χ0v) is 18.5. The molecule has 8 nitrogen and oxygen atoms in total. The van der Waals surface area contributed by atoms with Crippen LogP contribution in [0.1, 0.15) is 40.5 Å². The first kappa shape index (κ1) is 21.5. The van der Waals surface area contributed by atoms with E-state index in [9.17, 15) is 20.4 Å². The smallest absolute Gasteiger partial charge is 0.120 e. The zero-order valence-electron chi connectivity index (χ0n) is 18.5. The third-order valence-corrected chi connectivity index (χ3v) is 7.03. The fraction of sp³-hybridized carbons (Fsp3) is 0.727. The van der Waals surface area contributed by atoms with Crippen LogP contribution in [0.25, 0.3) is 0 Å². The van der Waals surface area contributed by atoms with E-state index in [1.807, 2.05) is 0 Å². The second-order valence-electron chi connectivity index (χ2n) is 8.40. The lowest BCUT2D eigenvalue weighted by atomic mass is 9.80. The lowest BCUT2D eigenvalue weighted by Crippen LogP contribution is -2.58. The van der Waals surface area contributed by atoms with Gasteiger partial charge in [-0.1, -0.05) is 0 Å². The average molecular weight is 421 g/mol. The van der Waals surface area contributed by atoms with Crippen LogP contribution < -0.4 is 0 Å². The van der Waals surface area contributed by atoms with E-state index in [0.29, 0.717) is 42.7 Å². The Morgan fingerprint density at radius 1 is 0.600 bits per heavy atom. The Kier molecular flexibility index (Phi) is 5.78. The second-order valence-corrected chi connectivity index (χ2v) is 8.40. The third kappa shape index (κ3) is 2.88. The Balaban J connectivity index is 1.91. The molecule has 8 heteroatoms. The van der Waals surface area contributed by atoms with Crippen LogP contribution in [0.15, 0.2) is 34.2 Å². The summed E-state index contributed by atoms with van der Waals surface area (Å²) >= 11 is 0. The first-order valence-corrected chi connectivity index (χ1v) is 11.4. The molecule has 0 amide bonds. The molecule has 4 unspecified atom stereocenters. The first-order chi connectivity index (χ1) is 14.4. The van der Waals surface area contributed by atoms with Gasteiger partial charge in [-0.25, -0.2) is 0 Å². The Morgan fingerprint density at radius 2 is 1.00 bits per heavy atom. The molecular weight excluding hydrogens is 384 g/mol. The molecule has 4 N–H and O–H groups in total. The number of hydrogen-bond acceptors (Lipinski definition) is 8. The molecular formula is C22H36N4O4. The summed E-state index contributed by atoms with van der Waals surface area (Å²) in [6, 6.07) is 0. The predicted molar refractivity (Wildman–Crippen MR) is 114 cm³/mol. The highest BCUT2D eigenvalue weighted by molar-refractivity contribution is 5.50. The number of aliphatic hydroxyl groups excluding tert-OH is 4. The normalized spacial score (nSPS) is 32.0. The minimum absolute atomic E-state index is 0.477. The summed E-state index contributed by atoms with van der Waals surface area (Å²) in [5.74, 6) is 2.51. The van der Waals surface area contributed by atoms with E-state index in [1.54, 1.807) is 0 Å². The Bertz CT molecular complexity index is 730. The summed E-state index contributed by atoms with van der Waals surface area (Å²) in [4.78, 5) is 8.68. The maximum atomic E-state index is 11.4. The van der Waals surface area contributed by atoms with Crippen LogP contribution >= 0.6 is 0 Å². The van der Waals surface area contributed by atoms with E-state index < -0.39 is 24.4 Å². The van der Waals surface area contributed by atoms with E-state index in [-0.39, 0.29) is 0 Å². The molecule has 0 spiro atoms. The molecule has 0 saturated carbocycles. The highest BCUT2D eigenvalue weighted by Gasteiger charge is 2.50. The summed E-state index contributed by atoms with van der Waals surface area (Å²) in [7, 11) is 0. The summed E-state index contributed by atoms with van der Waals surface area (Å²) in [5.41, 5.74) is 1.62. The van der Waals surface area contributed by atoms with Crippen LogP contribution in [-0.2, 0) is 0 Å². The molecule has 0 fully saturated rings. The van der Waals surface area contributed by atoms with Crippen LogP contribution in [0.3, 0.4) is 0 Å². The van der Waals surface area contributed by atoms with Gasteiger partial charge in [0.2, 0.25) is 0 Å². The van der Waals surface area contributed by atoms with Crippen molar-refractivity contribution in [2.45, 2.75) is 65.0 Å². The van der Waals surface area contributed by atoms with Crippen molar-refractivity contribution in [1.29, 1.82) is 0 Å². The monoisotopic (exact) mass is 420 g/mol. The molecule has 4 rings (SSSR count). The quantitative estimate of drug-likeness (QED) is 0.512. The molecule has 0 bridgehead atoms. The largest absolute Gasteiger partial charge is 0.388 e. The number of hydrogen-bond donors (Lipinski definition) is 4. The molecule has 4 heterocycles. The summed E-state index contributed by atoms with van der Waals surface area (Å²) in [6.45, 7) is 12.6.